The molecule has 0 N–H and O–H groups in total. The zero-order valence-electron chi connectivity index (χ0n) is 45.0. The van der Waals surface area contributed by atoms with Gasteiger partial charge < -0.3 is 18.6 Å². The summed E-state index contributed by atoms with van der Waals surface area (Å²) in [5, 5.41) is 19.5. The summed E-state index contributed by atoms with van der Waals surface area (Å²) in [5.74, 6) is 0.806. The van der Waals surface area contributed by atoms with Gasteiger partial charge in [0.2, 0.25) is 0 Å². The van der Waals surface area contributed by atoms with Gasteiger partial charge in [0.25, 0.3) is 0 Å². The minimum Gasteiger partial charge on any atom is -0.310 e. The van der Waals surface area contributed by atoms with Crippen LogP contribution in [0.25, 0.3) is 81.0 Å². The molecule has 0 fully saturated rings. The second kappa shape index (κ2) is 16.8. The van der Waals surface area contributed by atoms with Gasteiger partial charge in [-0.1, -0.05) is 130 Å². The van der Waals surface area contributed by atoms with Gasteiger partial charge in [-0.3, -0.25) is 0 Å². The number of nitrogens with zero attached hydrogens (tertiary/aromatic N) is 6. The van der Waals surface area contributed by atoms with Crippen LogP contribution in [0, 0.1) is 17.9 Å². The fourth-order valence-corrected chi connectivity index (χ4v) is 12.1. The number of anilines is 6. The quantitative estimate of drug-likeness (QED) is 0.143. The van der Waals surface area contributed by atoms with Crippen LogP contribution in [0.2, 0.25) is 0 Å². The Balaban J connectivity index is 1.13. The molecule has 0 amide bonds. The summed E-state index contributed by atoms with van der Waals surface area (Å²) < 4.78 is 5.07. The Morgan fingerprint density at radius 2 is 0.816 bits per heavy atom. The molecule has 370 valence electrons. The fourth-order valence-electron chi connectivity index (χ4n) is 12.1. The van der Waals surface area contributed by atoms with Crippen LogP contribution in [0.3, 0.4) is 0 Å². The van der Waals surface area contributed by atoms with E-state index >= 15 is 0 Å². The number of aromatic nitrogens is 2. The molecule has 13 aromatic rings. The maximum atomic E-state index is 9.88. The third-order valence-electron chi connectivity index (χ3n) is 16.3. The molecule has 0 aliphatic carbocycles. The Labute approximate surface area is 444 Å². The standard InChI is InChI=1S/C70H60N6/c1-41(2)44-14-24-50(25-15-44)73(49-22-12-43(40-71)13-23-49)61-34-30-53-55-38-64-56(39-63(55)75-59-32-18-46(69(5,6)7)36-57(59)65(61)67(53)75)54-31-35-62(66-58-37-47(70(8,9)10)19-33-60(58)76(64)68(54)66)74(52-28-20-48(72-11)21-29-52)51-26-16-45(17-27-51)42(3)4/h12-39,41-42H,1-10H3. The molecular weight excluding hydrogens is 925 g/mol. The second-order valence-corrected chi connectivity index (χ2v) is 23.7. The highest BCUT2D eigenvalue weighted by Gasteiger charge is 2.30. The van der Waals surface area contributed by atoms with Crippen LogP contribution >= 0.6 is 0 Å². The Morgan fingerprint density at radius 1 is 0.434 bits per heavy atom. The highest BCUT2D eigenvalue weighted by atomic mass is 15.2. The normalized spacial score (nSPS) is 12.6. The Kier molecular flexibility index (Phi) is 10.4. The minimum atomic E-state index is -0.0710. The summed E-state index contributed by atoms with van der Waals surface area (Å²) in [5.41, 5.74) is 19.7. The lowest BCUT2D eigenvalue weighted by Crippen LogP contribution is -2.11. The van der Waals surface area contributed by atoms with Crippen molar-refractivity contribution >= 4 is 116 Å². The van der Waals surface area contributed by atoms with E-state index in [2.05, 4.69) is 244 Å². The molecule has 0 aliphatic heterocycles. The summed E-state index contributed by atoms with van der Waals surface area (Å²) in [4.78, 5) is 8.53. The van der Waals surface area contributed by atoms with Crippen molar-refractivity contribution < 1.29 is 0 Å². The molecule has 4 heterocycles. The SMILES string of the molecule is [C-]#[N+]c1ccc(N(c2ccc(C(C)C)cc2)c2ccc3c4cc5c(cc4n4c6ccc(C(C)(C)C)cc6c2c34)c2ccc(N(c3ccc(C#N)cc3)c3ccc(C(C)C)cc3)c3c4cc(C(C)(C)C)ccc4n5c23)cc1. The van der Waals surface area contributed by atoms with Gasteiger partial charge in [0.1, 0.15) is 0 Å². The summed E-state index contributed by atoms with van der Waals surface area (Å²) in [6.07, 6.45) is 0. The Bertz CT molecular complexity index is 4230. The third kappa shape index (κ3) is 7.04. The Morgan fingerprint density at radius 3 is 1.17 bits per heavy atom. The average Bonchev–Trinajstić information content (AvgIpc) is 4.28. The molecule has 0 atom stereocenters. The predicted molar refractivity (Wildman–Crippen MR) is 322 cm³/mol. The first-order valence-corrected chi connectivity index (χ1v) is 26.7. The van der Waals surface area contributed by atoms with Crippen LogP contribution in [0.1, 0.15) is 109 Å². The van der Waals surface area contributed by atoms with Gasteiger partial charge in [-0.2, -0.15) is 5.26 Å². The lowest BCUT2D eigenvalue weighted by Gasteiger charge is -2.27. The van der Waals surface area contributed by atoms with E-state index in [1.807, 2.05) is 24.3 Å². The number of benzene rings is 9. The van der Waals surface area contributed by atoms with Crippen LogP contribution < -0.4 is 9.80 Å². The van der Waals surface area contributed by atoms with E-state index < -0.39 is 0 Å². The zero-order chi connectivity index (χ0) is 52.7. The smallest absolute Gasteiger partial charge is 0.187 e. The third-order valence-corrected chi connectivity index (χ3v) is 16.3. The van der Waals surface area contributed by atoms with Crippen molar-refractivity contribution in [3.05, 3.63) is 209 Å². The first-order valence-electron chi connectivity index (χ1n) is 26.7. The van der Waals surface area contributed by atoms with Crippen LogP contribution in [0.4, 0.5) is 39.8 Å². The number of nitriles is 1. The fraction of sp³-hybridized carbons (Fsp3) is 0.200. The first-order chi connectivity index (χ1) is 36.5. The molecule has 4 aromatic heterocycles. The number of rotatable bonds is 8. The predicted octanol–water partition coefficient (Wildman–Crippen LogP) is 20.2. The number of hydrogen-bond donors (Lipinski definition) is 0. The van der Waals surface area contributed by atoms with E-state index in [9.17, 15) is 5.26 Å². The monoisotopic (exact) mass is 984 g/mol. The van der Waals surface area contributed by atoms with E-state index in [0.717, 1.165) is 34.1 Å². The van der Waals surface area contributed by atoms with Gasteiger partial charge in [-0.05, 0) is 154 Å². The lowest BCUT2D eigenvalue weighted by molar-refractivity contribution is 0.591. The highest BCUT2D eigenvalue weighted by Crippen LogP contribution is 2.52. The van der Waals surface area contributed by atoms with Crippen molar-refractivity contribution in [2.24, 2.45) is 0 Å². The van der Waals surface area contributed by atoms with Crippen molar-refractivity contribution in [1.29, 1.82) is 5.26 Å². The minimum absolute atomic E-state index is 0.0696. The van der Waals surface area contributed by atoms with Crippen LogP contribution in [-0.2, 0) is 10.8 Å². The van der Waals surface area contributed by atoms with Crippen LogP contribution in [0.15, 0.2) is 170 Å². The topological polar surface area (TPSA) is 43.5 Å². The van der Waals surface area contributed by atoms with E-state index in [0.29, 0.717) is 23.1 Å². The zero-order valence-corrected chi connectivity index (χ0v) is 45.0. The largest absolute Gasteiger partial charge is 0.310 e. The molecule has 13 rings (SSSR count). The molecule has 0 saturated heterocycles. The molecule has 0 saturated carbocycles. The van der Waals surface area contributed by atoms with E-state index in [-0.39, 0.29) is 10.8 Å². The molecular formula is C70H60N6. The summed E-state index contributed by atoms with van der Waals surface area (Å²) in [6, 6.07) is 64.9. The van der Waals surface area contributed by atoms with Gasteiger partial charge in [0.05, 0.1) is 62.7 Å². The van der Waals surface area contributed by atoms with Gasteiger partial charge in [0, 0.05) is 65.8 Å². The van der Waals surface area contributed by atoms with E-state index in [1.165, 1.54) is 98.4 Å². The highest BCUT2D eigenvalue weighted by molar-refractivity contribution is 6.32. The maximum Gasteiger partial charge on any atom is 0.187 e. The van der Waals surface area contributed by atoms with Crippen LogP contribution in [-0.4, -0.2) is 8.80 Å². The first kappa shape index (κ1) is 46.9. The molecule has 0 radical (unpaired) electrons. The van der Waals surface area contributed by atoms with Gasteiger partial charge in [-0.15, -0.1) is 0 Å². The number of hydrogen-bond acceptors (Lipinski definition) is 3. The molecule has 9 aromatic carbocycles. The van der Waals surface area contributed by atoms with Crippen molar-refractivity contribution in [3.63, 3.8) is 0 Å². The van der Waals surface area contributed by atoms with Gasteiger partial charge in [-0.25, -0.2) is 4.85 Å². The summed E-state index contributed by atoms with van der Waals surface area (Å²) >= 11 is 0. The van der Waals surface area contributed by atoms with Crippen molar-refractivity contribution in [1.82, 2.24) is 8.80 Å². The van der Waals surface area contributed by atoms with E-state index in [1.54, 1.807) is 0 Å². The van der Waals surface area contributed by atoms with Crippen molar-refractivity contribution in [2.75, 3.05) is 9.80 Å². The molecule has 0 spiro atoms. The van der Waals surface area contributed by atoms with E-state index in [4.69, 9.17) is 6.57 Å². The molecule has 6 nitrogen and oxygen atoms in total. The molecule has 0 aliphatic rings. The Hall–Kier alpha value is -8.84. The van der Waals surface area contributed by atoms with Gasteiger partial charge in [0.15, 0.2) is 5.69 Å². The molecule has 0 unspecified atom stereocenters. The maximum absolute atomic E-state index is 9.88. The lowest BCUT2D eigenvalue weighted by atomic mass is 9.86. The summed E-state index contributed by atoms with van der Waals surface area (Å²) in [7, 11) is 0. The molecule has 76 heavy (non-hydrogen) atoms. The summed E-state index contributed by atoms with van der Waals surface area (Å²) in [6.45, 7) is 30.5. The average molecular weight is 985 g/mol. The van der Waals surface area contributed by atoms with Gasteiger partial charge >= 0.3 is 0 Å². The van der Waals surface area contributed by atoms with Crippen molar-refractivity contribution in [2.45, 2.75) is 91.9 Å². The number of fused-ring (bicyclic) bond motifs is 12. The molecule has 0 bridgehead atoms. The van der Waals surface area contributed by atoms with Crippen molar-refractivity contribution in [3.8, 4) is 6.07 Å². The molecule has 6 heteroatoms. The van der Waals surface area contributed by atoms with Crippen LogP contribution in [0.5, 0.6) is 0 Å². The second-order valence-electron chi connectivity index (χ2n) is 23.7.